The van der Waals surface area contributed by atoms with Crippen LogP contribution in [0.2, 0.25) is 0 Å². The number of anilines is 1. The molecule has 0 unspecified atom stereocenters. The maximum atomic E-state index is 3.51. The van der Waals surface area contributed by atoms with Crippen LogP contribution in [0.3, 0.4) is 0 Å². The molecule has 0 amide bonds. The highest BCUT2D eigenvalue weighted by Gasteiger charge is 2.08. The fourth-order valence-electron chi connectivity index (χ4n) is 2.01. The van der Waals surface area contributed by atoms with Crippen LogP contribution < -0.4 is 10.2 Å². The molecular weight excluding hydrogens is 234 g/mol. The molecule has 1 N–H and O–H groups in total. The van der Waals surface area contributed by atoms with Crippen molar-refractivity contribution < 1.29 is 0 Å². The predicted octanol–water partition coefficient (Wildman–Crippen LogP) is 2.49. The summed E-state index contributed by atoms with van der Waals surface area (Å²) >= 11 is 0. The van der Waals surface area contributed by atoms with Crippen molar-refractivity contribution >= 4 is 5.69 Å². The molecule has 0 saturated heterocycles. The largest absolute Gasteiger partial charge is 0.373 e. The van der Waals surface area contributed by atoms with Crippen molar-refractivity contribution in [1.82, 2.24) is 10.2 Å². The standard InChI is InChI=1S/C16H29N3/c1-13(2)17-12-15-11-14(3)7-8-16(15)19(6)10-9-18(4)5/h7-8,11,13,17H,9-10,12H2,1-6H3. The summed E-state index contributed by atoms with van der Waals surface area (Å²) < 4.78 is 0. The molecule has 0 atom stereocenters. The summed E-state index contributed by atoms with van der Waals surface area (Å²) in [5, 5.41) is 3.51. The van der Waals surface area contributed by atoms with Crippen LogP contribution in [0.25, 0.3) is 0 Å². The zero-order valence-electron chi connectivity index (χ0n) is 13.3. The van der Waals surface area contributed by atoms with E-state index in [1.54, 1.807) is 0 Å². The van der Waals surface area contributed by atoms with Gasteiger partial charge in [0.25, 0.3) is 0 Å². The lowest BCUT2D eigenvalue weighted by molar-refractivity contribution is 0.416. The van der Waals surface area contributed by atoms with Crippen molar-refractivity contribution in [2.75, 3.05) is 39.1 Å². The minimum absolute atomic E-state index is 0.514. The van der Waals surface area contributed by atoms with Crippen LogP contribution in [0, 0.1) is 6.92 Å². The fraction of sp³-hybridized carbons (Fsp3) is 0.625. The van der Waals surface area contributed by atoms with Crippen molar-refractivity contribution in [3.8, 4) is 0 Å². The first-order valence-corrected chi connectivity index (χ1v) is 7.09. The van der Waals surface area contributed by atoms with Gasteiger partial charge in [0.2, 0.25) is 0 Å². The Labute approximate surface area is 118 Å². The lowest BCUT2D eigenvalue weighted by Gasteiger charge is -2.25. The van der Waals surface area contributed by atoms with Crippen LogP contribution in [-0.4, -0.2) is 45.2 Å². The Morgan fingerprint density at radius 3 is 2.37 bits per heavy atom. The summed E-state index contributed by atoms with van der Waals surface area (Å²) in [6.07, 6.45) is 0. The minimum Gasteiger partial charge on any atom is -0.373 e. The van der Waals surface area contributed by atoms with Crippen molar-refractivity contribution in [3.05, 3.63) is 29.3 Å². The van der Waals surface area contributed by atoms with Crippen LogP contribution in [-0.2, 0) is 6.54 Å². The van der Waals surface area contributed by atoms with Gasteiger partial charge in [-0.1, -0.05) is 31.5 Å². The van der Waals surface area contributed by atoms with Gasteiger partial charge in [-0.2, -0.15) is 0 Å². The molecule has 0 spiro atoms. The Balaban J connectivity index is 2.79. The second kappa shape index (κ2) is 7.51. The summed E-state index contributed by atoms with van der Waals surface area (Å²) in [5.74, 6) is 0. The van der Waals surface area contributed by atoms with Gasteiger partial charge in [-0.15, -0.1) is 0 Å². The van der Waals surface area contributed by atoms with E-state index < -0.39 is 0 Å². The van der Waals surface area contributed by atoms with Crippen molar-refractivity contribution in [1.29, 1.82) is 0 Å². The van der Waals surface area contributed by atoms with Gasteiger partial charge in [0.05, 0.1) is 0 Å². The van der Waals surface area contributed by atoms with Crippen LogP contribution in [0.1, 0.15) is 25.0 Å². The van der Waals surface area contributed by atoms with Gasteiger partial charge in [0.1, 0.15) is 0 Å². The highest BCUT2D eigenvalue weighted by molar-refractivity contribution is 5.54. The van der Waals surface area contributed by atoms with Gasteiger partial charge in [-0.25, -0.2) is 0 Å². The van der Waals surface area contributed by atoms with E-state index in [0.717, 1.165) is 19.6 Å². The Morgan fingerprint density at radius 2 is 1.79 bits per heavy atom. The first-order chi connectivity index (χ1) is 8.90. The van der Waals surface area contributed by atoms with E-state index in [2.05, 4.69) is 75.2 Å². The van der Waals surface area contributed by atoms with Crippen molar-refractivity contribution in [3.63, 3.8) is 0 Å². The number of hydrogen-bond donors (Lipinski definition) is 1. The van der Waals surface area contributed by atoms with Gasteiger partial charge in [0, 0.05) is 38.4 Å². The zero-order valence-corrected chi connectivity index (χ0v) is 13.3. The minimum atomic E-state index is 0.514. The van der Waals surface area contributed by atoms with Crippen LogP contribution in [0.4, 0.5) is 5.69 Å². The fourth-order valence-corrected chi connectivity index (χ4v) is 2.01. The van der Waals surface area contributed by atoms with Crippen molar-refractivity contribution in [2.45, 2.75) is 33.4 Å². The van der Waals surface area contributed by atoms with E-state index >= 15 is 0 Å². The summed E-state index contributed by atoms with van der Waals surface area (Å²) in [5.41, 5.74) is 4.04. The third-order valence-electron chi connectivity index (χ3n) is 3.23. The molecule has 19 heavy (non-hydrogen) atoms. The molecule has 0 aromatic heterocycles. The summed E-state index contributed by atoms with van der Waals surface area (Å²) in [7, 11) is 6.40. The van der Waals surface area contributed by atoms with Gasteiger partial charge < -0.3 is 15.1 Å². The Hall–Kier alpha value is -1.06. The monoisotopic (exact) mass is 263 g/mol. The highest BCUT2D eigenvalue weighted by Crippen LogP contribution is 2.21. The summed E-state index contributed by atoms with van der Waals surface area (Å²) in [6, 6.07) is 7.24. The van der Waals surface area contributed by atoms with E-state index in [9.17, 15) is 0 Å². The molecular formula is C16H29N3. The Bertz CT molecular complexity index is 386. The van der Waals surface area contributed by atoms with E-state index in [1.807, 2.05) is 0 Å². The lowest BCUT2D eigenvalue weighted by Crippen LogP contribution is -2.30. The average molecular weight is 263 g/mol. The third-order valence-corrected chi connectivity index (χ3v) is 3.23. The topological polar surface area (TPSA) is 18.5 Å². The summed E-state index contributed by atoms with van der Waals surface area (Å²) in [4.78, 5) is 4.56. The van der Waals surface area contributed by atoms with Crippen LogP contribution in [0.15, 0.2) is 18.2 Å². The smallest absolute Gasteiger partial charge is 0.0409 e. The van der Waals surface area contributed by atoms with Crippen LogP contribution in [0.5, 0.6) is 0 Å². The third kappa shape index (κ3) is 5.62. The predicted molar refractivity (Wildman–Crippen MR) is 85.0 cm³/mol. The highest BCUT2D eigenvalue weighted by atomic mass is 15.2. The van der Waals surface area contributed by atoms with Gasteiger partial charge in [-0.3, -0.25) is 0 Å². The molecule has 0 radical (unpaired) electrons. The maximum absolute atomic E-state index is 3.51. The molecule has 0 bridgehead atoms. The van der Waals surface area contributed by atoms with E-state index in [0.29, 0.717) is 6.04 Å². The van der Waals surface area contributed by atoms with E-state index in [-0.39, 0.29) is 0 Å². The first kappa shape index (κ1) is 16.0. The number of aryl methyl sites for hydroxylation is 1. The molecule has 0 aliphatic carbocycles. The first-order valence-electron chi connectivity index (χ1n) is 7.09. The average Bonchev–Trinajstić information content (AvgIpc) is 2.33. The van der Waals surface area contributed by atoms with Crippen LogP contribution >= 0.6 is 0 Å². The van der Waals surface area contributed by atoms with Gasteiger partial charge in [0.15, 0.2) is 0 Å². The van der Waals surface area contributed by atoms with Gasteiger partial charge >= 0.3 is 0 Å². The SMILES string of the molecule is Cc1ccc(N(C)CCN(C)C)c(CNC(C)C)c1. The second-order valence-electron chi connectivity index (χ2n) is 5.89. The molecule has 1 aromatic carbocycles. The zero-order chi connectivity index (χ0) is 14.4. The molecule has 1 aromatic rings. The molecule has 0 saturated carbocycles. The number of benzene rings is 1. The molecule has 0 aliphatic rings. The molecule has 0 heterocycles. The number of rotatable bonds is 7. The normalized spacial score (nSPS) is 11.4. The molecule has 1 rings (SSSR count). The molecule has 3 heteroatoms. The molecule has 0 aliphatic heterocycles. The Morgan fingerprint density at radius 1 is 1.11 bits per heavy atom. The number of hydrogen-bond acceptors (Lipinski definition) is 3. The quantitative estimate of drug-likeness (QED) is 0.815. The second-order valence-corrected chi connectivity index (χ2v) is 5.89. The van der Waals surface area contributed by atoms with Gasteiger partial charge in [-0.05, 0) is 32.6 Å². The van der Waals surface area contributed by atoms with Crippen molar-refractivity contribution in [2.24, 2.45) is 0 Å². The Kier molecular flexibility index (Phi) is 6.32. The lowest BCUT2D eigenvalue weighted by atomic mass is 10.1. The molecule has 3 nitrogen and oxygen atoms in total. The number of nitrogens with one attached hydrogen (secondary N) is 1. The molecule has 108 valence electrons. The van der Waals surface area contributed by atoms with E-state index in [4.69, 9.17) is 0 Å². The maximum Gasteiger partial charge on any atom is 0.0409 e. The molecule has 0 fully saturated rings. The number of likely N-dealkylation sites (N-methyl/N-ethyl adjacent to an activating group) is 2. The number of nitrogens with zero attached hydrogens (tertiary/aromatic N) is 2. The summed E-state index contributed by atoms with van der Waals surface area (Å²) in [6.45, 7) is 9.58. The van der Waals surface area contributed by atoms with E-state index in [1.165, 1.54) is 16.8 Å².